The number of carboxylic acid groups (broad SMARTS) is 1. The number of halogens is 2. The fourth-order valence-electron chi connectivity index (χ4n) is 4.73. The number of alkyl halides is 2. The van der Waals surface area contributed by atoms with Crippen molar-refractivity contribution in [2.75, 3.05) is 20.3 Å². The number of carboxylic acids is 1. The number of ether oxygens (including phenoxy) is 2. The van der Waals surface area contributed by atoms with E-state index in [1.54, 1.807) is 0 Å². The van der Waals surface area contributed by atoms with E-state index in [9.17, 15) is 28.3 Å². The Kier molecular flexibility index (Phi) is 6.75. The first-order chi connectivity index (χ1) is 16.6. The Labute approximate surface area is 200 Å². The lowest BCUT2D eigenvalue weighted by molar-refractivity contribution is -0.150. The number of nitrogens with zero attached hydrogens (tertiary/aromatic N) is 1. The number of methoxy groups -OCH3 is 1. The van der Waals surface area contributed by atoms with Crippen molar-refractivity contribution in [2.24, 2.45) is 0 Å². The highest BCUT2D eigenvalue weighted by Gasteiger charge is 2.52. The number of aliphatic carboxylic acids is 1. The molecule has 2 N–H and O–H groups in total. The lowest BCUT2D eigenvalue weighted by Crippen LogP contribution is -2.56. The van der Waals surface area contributed by atoms with Crippen LogP contribution in [0.4, 0.5) is 13.6 Å². The number of carbonyl (C=O) groups is 3. The molecule has 1 heterocycles. The summed E-state index contributed by atoms with van der Waals surface area (Å²) < 4.78 is 38.4. The third-order valence-corrected chi connectivity index (χ3v) is 6.56. The second kappa shape index (κ2) is 9.61. The van der Waals surface area contributed by atoms with E-state index in [0.29, 0.717) is 4.90 Å². The van der Waals surface area contributed by atoms with Gasteiger partial charge in [-0.15, -0.1) is 0 Å². The molecule has 1 fully saturated rings. The summed E-state index contributed by atoms with van der Waals surface area (Å²) in [5.41, 5.74) is 4.10. The molecule has 1 aliphatic heterocycles. The number of likely N-dealkylation sites (tertiary alicyclic amines) is 1. The van der Waals surface area contributed by atoms with Gasteiger partial charge in [0.25, 0.3) is 5.92 Å². The number of amides is 2. The van der Waals surface area contributed by atoms with Gasteiger partial charge in [-0.3, -0.25) is 4.79 Å². The summed E-state index contributed by atoms with van der Waals surface area (Å²) in [5, 5.41) is 11.7. The molecule has 4 rings (SSSR count). The summed E-state index contributed by atoms with van der Waals surface area (Å²) >= 11 is 0. The van der Waals surface area contributed by atoms with Crippen LogP contribution in [-0.4, -0.2) is 72.3 Å². The van der Waals surface area contributed by atoms with Crippen LogP contribution in [0.5, 0.6) is 0 Å². The fraction of sp³-hybridized carbons (Fsp3) is 0.400. The van der Waals surface area contributed by atoms with Crippen LogP contribution in [0.1, 0.15) is 30.4 Å². The van der Waals surface area contributed by atoms with Gasteiger partial charge in [0.15, 0.2) is 0 Å². The van der Waals surface area contributed by atoms with Gasteiger partial charge in [0.1, 0.15) is 18.7 Å². The lowest BCUT2D eigenvalue weighted by atomic mass is 9.98. The molecule has 2 unspecified atom stereocenters. The average Bonchev–Trinajstić information content (AvgIpc) is 3.34. The monoisotopic (exact) mass is 488 g/mol. The van der Waals surface area contributed by atoms with Crippen molar-refractivity contribution in [2.45, 2.75) is 43.4 Å². The molecule has 3 atom stereocenters. The number of nitrogens with one attached hydrogen (secondary N) is 1. The summed E-state index contributed by atoms with van der Waals surface area (Å²) in [7, 11) is 1.29. The summed E-state index contributed by atoms with van der Waals surface area (Å²) in [6, 6.07) is 12.5. The van der Waals surface area contributed by atoms with Crippen molar-refractivity contribution in [3.8, 4) is 11.1 Å². The first-order valence-electron chi connectivity index (χ1n) is 11.2. The fourth-order valence-corrected chi connectivity index (χ4v) is 4.73. The molecule has 0 radical (unpaired) electrons. The van der Waals surface area contributed by atoms with Gasteiger partial charge in [-0.1, -0.05) is 48.5 Å². The van der Waals surface area contributed by atoms with Crippen molar-refractivity contribution in [3.05, 3.63) is 59.7 Å². The molecule has 1 saturated heterocycles. The minimum atomic E-state index is -3.34. The van der Waals surface area contributed by atoms with Gasteiger partial charge < -0.3 is 24.8 Å². The molecule has 2 amide bonds. The van der Waals surface area contributed by atoms with Gasteiger partial charge in [-0.2, -0.15) is 0 Å². The second-order valence-electron chi connectivity index (χ2n) is 8.77. The van der Waals surface area contributed by atoms with E-state index in [0.717, 1.165) is 22.3 Å². The Hall–Kier alpha value is -3.53. The summed E-state index contributed by atoms with van der Waals surface area (Å²) in [6.07, 6.45) is -2.86. The first kappa shape index (κ1) is 24.6. The highest BCUT2D eigenvalue weighted by Crippen LogP contribution is 2.44. The number of carbonyl (C=O) groups excluding carboxylic acids is 2. The molecule has 2 aliphatic rings. The Bertz CT molecular complexity index is 1090. The maximum absolute atomic E-state index is 13.9. The van der Waals surface area contributed by atoms with E-state index < -0.39 is 55.0 Å². The van der Waals surface area contributed by atoms with Crippen LogP contribution in [0.2, 0.25) is 0 Å². The Balaban J connectivity index is 1.47. The molecular formula is C25H26F2N2O6. The molecule has 0 saturated carbocycles. The second-order valence-corrected chi connectivity index (χ2v) is 8.77. The van der Waals surface area contributed by atoms with E-state index in [1.807, 2.05) is 48.5 Å². The zero-order valence-corrected chi connectivity index (χ0v) is 19.2. The summed E-state index contributed by atoms with van der Waals surface area (Å²) in [5.74, 6) is -6.07. The standard InChI is InChI=1S/C25H26F2N2O6/c1-14(34-2)21(22(30)29-13-25(26,27)11-20(29)23(31)32)28-24(33)35-12-19-17-9-5-3-7-15(17)16-8-4-6-10-18(16)19/h3-10,14,19-21H,11-13H2,1-2H3,(H,28,33)(H,31,32)/t14?,20-,21?/m0/s1. The molecular weight excluding hydrogens is 462 g/mol. The van der Waals surface area contributed by atoms with Crippen LogP contribution < -0.4 is 5.32 Å². The molecule has 2 aromatic carbocycles. The van der Waals surface area contributed by atoms with E-state index >= 15 is 0 Å². The third-order valence-electron chi connectivity index (χ3n) is 6.56. The van der Waals surface area contributed by atoms with E-state index in [2.05, 4.69) is 5.32 Å². The van der Waals surface area contributed by atoms with E-state index in [4.69, 9.17) is 9.47 Å². The number of alkyl carbamates (subject to hydrolysis) is 1. The third kappa shape index (κ3) is 4.84. The Morgan fingerprint density at radius 3 is 2.23 bits per heavy atom. The quantitative estimate of drug-likeness (QED) is 0.620. The van der Waals surface area contributed by atoms with Crippen molar-refractivity contribution < 1.29 is 37.7 Å². The molecule has 35 heavy (non-hydrogen) atoms. The van der Waals surface area contributed by atoms with Crippen LogP contribution in [-0.2, 0) is 19.1 Å². The van der Waals surface area contributed by atoms with Crippen molar-refractivity contribution >= 4 is 18.0 Å². The SMILES string of the molecule is COC(C)C(NC(=O)OCC1c2ccccc2-c2ccccc21)C(=O)N1CC(F)(F)C[C@H]1C(=O)O. The summed E-state index contributed by atoms with van der Waals surface area (Å²) in [6.45, 7) is 0.403. The van der Waals surface area contributed by atoms with Crippen LogP contribution in [0.25, 0.3) is 11.1 Å². The molecule has 0 aromatic heterocycles. The molecule has 8 nitrogen and oxygen atoms in total. The Morgan fingerprint density at radius 1 is 1.11 bits per heavy atom. The van der Waals surface area contributed by atoms with E-state index in [1.165, 1.54) is 14.0 Å². The number of rotatable bonds is 7. The average molecular weight is 488 g/mol. The predicted octanol–water partition coefficient (Wildman–Crippen LogP) is 3.25. The van der Waals surface area contributed by atoms with Gasteiger partial charge in [0.05, 0.1) is 12.6 Å². The first-order valence-corrected chi connectivity index (χ1v) is 11.2. The van der Waals surface area contributed by atoms with Crippen LogP contribution in [0, 0.1) is 0 Å². The maximum Gasteiger partial charge on any atom is 0.407 e. The minimum Gasteiger partial charge on any atom is -0.480 e. The molecule has 0 bridgehead atoms. The molecule has 10 heteroatoms. The van der Waals surface area contributed by atoms with Gasteiger partial charge in [-0.25, -0.2) is 18.4 Å². The summed E-state index contributed by atoms with van der Waals surface area (Å²) in [4.78, 5) is 37.8. The largest absolute Gasteiger partial charge is 0.480 e. The van der Waals surface area contributed by atoms with Gasteiger partial charge >= 0.3 is 12.1 Å². The zero-order valence-electron chi connectivity index (χ0n) is 19.2. The highest BCUT2D eigenvalue weighted by atomic mass is 19.3. The molecule has 1 aliphatic carbocycles. The van der Waals surface area contributed by atoms with Crippen LogP contribution >= 0.6 is 0 Å². The lowest BCUT2D eigenvalue weighted by Gasteiger charge is -2.29. The van der Waals surface area contributed by atoms with Gasteiger partial charge in [0.2, 0.25) is 5.91 Å². The maximum atomic E-state index is 13.9. The van der Waals surface area contributed by atoms with Gasteiger partial charge in [0, 0.05) is 19.4 Å². The molecule has 186 valence electrons. The number of hydrogen-bond acceptors (Lipinski definition) is 5. The molecule has 2 aromatic rings. The normalized spacial score (nSPS) is 20.0. The van der Waals surface area contributed by atoms with Crippen molar-refractivity contribution in [3.63, 3.8) is 0 Å². The number of fused-ring (bicyclic) bond motifs is 3. The van der Waals surface area contributed by atoms with Crippen LogP contribution in [0.3, 0.4) is 0 Å². The molecule has 0 spiro atoms. The van der Waals surface area contributed by atoms with E-state index in [-0.39, 0.29) is 12.5 Å². The predicted molar refractivity (Wildman–Crippen MR) is 121 cm³/mol. The van der Waals surface area contributed by atoms with Crippen molar-refractivity contribution in [1.29, 1.82) is 0 Å². The van der Waals surface area contributed by atoms with Crippen LogP contribution in [0.15, 0.2) is 48.5 Å². The number of hydrogen-bond donors (Lipinski definition) is 2. The minimum absolute atomic E-state index is 0.0122. The Morgan fingerprint density at radius 2 is 1.69 bits per heavy atom. The smallest absolute Gasteiger partial charge is 0.407 e. The van der Waals surface area contributed by atoms with Crippen molar-refractivity contribution in [1.82, 2.24) is 10.2 Å². The zero-order chi connectivity index (χ0) is 25.3. The number of benzene rings is 2. The highest BCUT2D eigenvalue weighted by molar-refractivity contribution is 5.90. The topological polar surface area (TPSA) is 105 Å². The van der Waals surface area contributed by atoms with Gasteiger partial charge in [-0.05, 0) is 29.2 Å².